The lowest BCUT2D eigenvalue weighted by Crippen LogP contribution is -2.32. The van der Waals surface area contributed by atoms with Gasteiger partial charge in [-0.15, -0.1) is 0 Å². The second-order valence-electron chi connectivity index (χ2n) is 5.61. The summed E-state index contributed by atoms with van der Waals surface area (Å²) >= 11 is 0. The Morgan fingerprint density at radius 2 is 2.30 bits per heavy atom. The summed E-state index contributed by atoms with van der Waals surface area (Å²) in [7, 11) is 2.12. The smallest absolute Gasteiger partial charge is 0.270 e. The molecule has 1 atom stereocenters. The van der Waals surface area contributed by atoms with Gasteiger partial charge in [-0.05, 0) is 45.8 Å². The zero-order chi connectivity index (χ0) is 14.5. The van der Waals surface area contributed by atoms with E-state index in [0.29, 0.717) is 18.2 Å². The van der Waals surface area contributed by atoms with Crippen molar-refractivity contribution in [3.8, 4) is 0 Å². The fourth-order valence-electron chi connectivity index (χ4n) is 2.60. The molecular weight excluding hydrogens is 252 g/mol. The van der Waals surface area contributed by atoms with Crippen molar-refractivity contribution in [1.29, 1.82) is 0 Å². The first-order valence-electron chi connectivity index (χ1n) is 7.42. The van der Waals surface area contributed by atoms with Gasteiger partial charge in [0.05, 0.1) is 0 Å². The molecule has 1 aromatic rings. The first-order chi connectivity index (χ1) is 9.60. The number of aryl methyl sites for hydroxylation is 1. The first-order valence-corrected chi connectivity index (χ1v) is 7.42. The highest BCUT2D eigenvalue weighted by atomic mass is 16.1. The average molecular weight is 276 g/mol. The third kappa shape index (κ3) is 3.76. The fraction of sp³-hybridized carbons (Fsp3) is 0.667. The highest BCUT2D eigenvalue weighted by Crippen LogP contribution is 2.23. The second-order valence-corrected chi connectivity index (χ2v) is 5.61. The van der Waals surface area contributed by atoms with Crippen LogP contribution in [0, 0.1) is 6.92 Å². The summed E-state index contributed by atoms with van der Waals surface area (Å²) in [4.78, 5) is 23.4. The molecule has 110 valence electrons. The van der Waals surface area contributed by atoms with Crippen LogP contribution in [0.5, 0.6) is 0 Å². The maximum absolute atomic E-state index is 12.0. The van der Waals surface area contributed by atoms with E-state index in [1.54, 1.807) is 6.07 Å². The van der Waals surface area contributed by atoms with E-state index in [9.17, 15) is 4.79 Å². The van der Waals surface area contributed by atoms with E-state index in [0.717, 1.165) is 43.9 Å². The van der Waals surface area contributed by atoms with Gasteiger partial charge in [0.15, 0.2) is 0 Å². The molecule has 0 aliphatic carbocycles. The normalized spacial score (nSPS) is 19.9. The van der Waals surface area contributed by atoms with E-state index in [4.69, 9.17) is 0 Å². The van der Waals surface area contributed by atoms with Crippen molar-refractivity contribution in [2.45, 2.75) is 39.0 Å². The SMILES string of the molecule is CCCNC(=O)c1cc(C)nc(C2CCCN(C)C2)n1. The van der Waals surface area contributed by atoms with Gasteiger partial charge in [0.2, 0.25) is 0 Å². The van der Waals surface area contributed by atoms with Crippen LogP contribution in [0.3, 0.4) is 0 Å². The first kappa shape index (κ1) is 14.9. The van der Waals surface area contributed by atoms with Crippen molar-refractivity contribution in [2.75, 3.05) is 26.7 Å². The third-order valence-corrected chi connectivity index (χ3v) is 3.63. The molecule has 0 saturated carbocycles. The van der Waals surface area contributed by atoms with Crippen LogP contribution in [0.25, 0.3) is 0 Å². The van der Waals surface area contributed by atoms with Gasteiger partial charge in [-0.25, -0.2) is 9.97 Å². The number of hydrogen-bond acceptors (Lipinski definition) is 4. The summed E-state index contributed by atoms with van der Waals surface area (Å²) in [5.41, 5.74) is 1.36. The zero-order valence-electron chi connectivity index (χ0n) is 12.6. The fourth-order valence-corrected chi connectivity index (χ4v) is 2.60. The monoisotopic (exact) mass is 276 g/mol. The number of likely N-dealkylation sites (N-methyl/N-ethyl adjacent to an activating group) is 1. The summed E-state index contributed by atoms with van der Waals surface area (Å²) in [5, 5.41) is 2.88. The van der Waals surface area contributed by atoms with Crippen molar-refractivity contribution in [1.82, 2.24) is 20.2 Å². The molecule has 20 heavy (non-hydrogen) atoms. The highest BCUT2D eigenvalue weighted by Gasteiger charge is 2.22. The average Bonchev–Trinajstić information content (AvgIpc) is 2.44. The Labute approximate surface area is 120 Å². The lowest BCUT2D eigenvalue weighted by Gasteiger charge is -2.28. The minimum Gasteiger partial charge on any atom is -0.351 e. The Bertz CT molecular complexity index is 475. The lowest BCUT2D eigenvalue weighted by molar-refractivity contribution is 0.0947. The van der Waals surface area contributed by atoms with Crippen molar-refractivity contribution in [3.63, 3.8) is 0 Å². The molecule has 1 aromatic heterocycles. The number of hydrogen-bond donors (Lipinski definition) is 1. The molecule has 1 aliphatic rings. The minimum atomic E-state index is -0.0947. The van der Waals surface area contributed by atoms with E-state index in [2.05, 4.69) is 27.2 Å². The van der Waals surface area contributed by atoms with Gasteiger partial charge in [-0.3, -0.25) is 4.79 Å². The highest BCUT2D eigenvalue weighted by molar-refractivity contribution is 5.92. The molecule has 0 radical (unpaired) electrons. The summed E-state index contributed by atoms with van der Waals surface area (Å²) < 4.78 is 0. The summed E-state index contributed by atoms with van der Waals surface area (Å²) in [5.74, 6) is 1.06. The van der Waals surface area contributed by atoms with Crippen molar-refractivity contribution in [2.24, 2.45) is 0 Å². The maximum Gasteiger partial charge on any atom is 0.270 e. The topological polar surface area (TPSA) is 58.1 Å². The van der Waals surface area contributed by atoms with E-state index in [1.165, 1.54) is 0 Å². The predicted molar refractivity (Wildman–Crippen MR) is 78.9 cm³/mol. The second kappa shape index (κ2) is 6.79. The number of carbonyl (C=O) groups is 1. The van der Waals surface area contributed by atoms with Crippen LogP contribution < -0.4 is 5.32 Å². The molecule has 5 nitrogen and oxygen atoms in total. The molecule has 2 rings (SSSR count). The number of amides is 1. The van der Waals surface area contributed by atoms with Gasteiger partial charge in [0.25, 0.3) is 5.91 Å². The Kier molecular flexibility index (Phi) is 5.06. The van der Waals surface area contributed by atoms with Crippen molar-refractivity contribution < 1.29 is 4.79 Å². The molecule has 1 aliphatic heterocycles. The van der Waals surface area contributed by atoms with Crippen LogP contribution in [-0.2, 0) is 0 Å². The Hall–Kier alpha value is -1.49. The van der Waals surface area contributed by atoms with Gasteiger partial charge >= 0.3 is 0 Å². The van der Waals surface area contributed by atoms with Crippen LogP contribution in [0.1, 0.15) is 54.1 Å². The molecule has 0 aromatic carbocycles. The van der Waals surface area contributed by atoms with E-state index < -0.39 is 0 Å². The number of carbonyl (C=O) groups excluding carboxylic acids is 1. The summed E-state index contributed by atoms with van der Waals surface area (Å²) in [6.45, 7) is 6.75. The molecule has 2 heterocycles. The zero-order valence-corrected chi connectivity index (χ0v) is 12.6. The van der Waals surface area contributed by atoms with Gasteiger partial charge in [-0.1, -0.05) is 6.92 Å². The molecule has 1 N–H and O–H groups in total. The maximum atomic E-state index is 12.0. The van der Waals surface area contributed by atoms with Crippen molar-refractivity contribution >= 4 is 5.91 Å². The summed E-state index contributed by atoms with van der Waals surface area (Å²) in [6, 6.07) is 1.76. The molecule has 0 spiro atoms. The minimum absolute atomic E-state index is 0.0947. The number of aromatic nitrogens is 2. The van der Waals surface area contributed by atoms with Gasteiger partial charge in [0, 0.05) is 24.7 Å². The Morgan fingerprint density at radius 3 is 3.00 bits per heavy atom. The quantitative estimate of drug-likeness (QED) is 0.910. The van der Waals surface area contributed by atoms with Gasteiger partial charge in [-0.2, -0.15) is 0 Å². The molecule has 1 amide bonds. The number of nitrogens with one attached hydrogen (secondary N) is 1. The van der Waals surface area contributed by atoms with Crippen molar-refractivity contribution in [3.05, 3.63) is 23.3 Å². The van der Waals surface area contributed by atoms with E-state index in [-0.39, 0.29) is 5.91 Å². The Balaban J connectivity index is 2.17. The van der Waals surface area contributed by atoms with E-state index in [1.807, 2.05) is 13.8 Å². The summed E-state index contributed by atoms with van der Waals surface area (Å²) in [6.07, 6.45) is 3.19. The van der Waals surface area contributed by atoms with Crippen LogP contribution >= 0.6 is 0 Å². The standard InChI is InChI=1S/C15H24N4O/c1-4-7-16-15(20)13-9-11(2)17-14(18-13)12-6-5-8-19(3)10-12/h9,12H,4-8,10H2,1-3H3,(H,16,20). The molecule has 1 unspecified atom stereocenters. The van der Waals surface area contributed by atoms with Crippen LogP contribution in [0.4, 0.5) is 0 Å². The third-order valence-electron chi connectivity index (χ3n) is 3.63. The van der Waals surface area contributed by atoms with Gasteiger partial charge in [0.1, 0.15) is 11.5 Å². The van der Waals surface area contributed by atoms with Crippen LogP contribution in [-0.4, -0.2) is 47.5 Å². The van der Waals surface area contributed by atoms with Crippen LogP contribution in [0.2, 0.25) is 0 Å². The van der Waals surface area contributed by atoms with E-state index >= 15 is 0 Å². The largest absolute Gasteiger partial charge is 0.351 e. The number of rotatable bonds is 4. The predicted octanol–water partition coefficient (Wildman–Crippen LogP) is 1.73. The number of nitrogens with zero attached hydrogens (tertiary/aromatic N) is 3. The lowest BCUT2D eigenvalue weighted by atomic mass is 9.97. The molecule has 0 bridgehead atoms. The number of piperidine rings is 1. The Morgan fingerprint density at radius 1 is 1.50 bits per heavy atom. The van der Waals surface area contributed by atoms with Crippen LogP contribution in [0.15, 0.2) is 6.07 Å². The molecular formula is C15H24N4O. The number of likely N-dealkylation sites (tertiary alicyclic amines) is 1. The molecule has 5 heteroatoms. The molecule has 1 saturated heterocycles. The van der Waals surface area contributed by atoms with Gasteiger partial charge < -0.3 is 10.2 Å². The molecule has 1 fully saturated rings.